The van der Waals surface area contributed by atoms with Gasteiger partial charge in [0.2, 0.25) is 0 Å². The van der Waals surface area contributed by atoms with E-state index in [4.69, 9.17) is 4.74 Å². The van der Waals surface area contributed by atoms with E-state index in [1.54, 1.807) is 0 Å². The third-order valence-corrected chi connectivity index (χ3v) is 5.05. The molecule has 0 radical (unpaired) electrons. The van der Waals surface area contributed by atoms with Crippen LogP contribution in [0, 0.1) is 0 Å². The van der Waals surface area contributed by atoms with Crippen molar-refractivity contribution in [3.8, 4) is 0 Å². The molecule has 1 N–H and O–H groups in total. The van der Waals surface area contributed by atoms with Gasteiger partial charge in [-0.05, 0) is 59.2 Å². The van der Waals surface area contributed by atoms with Crippen LogP contribution in [0.25, 0.3) is 0 Å². The van der Waals surface area contributed by atoms with Crippen molar-refractivity contribution in [2.24, 2.45) is 0 Å². The van der Waals surface area contributed by atoms with E-state index in [1.165, 1.54) is 45.3 Å². The van der Waals surface area contributed by atoms with Gasteiger partial charge in [-0.25, -0.2) is 0 Å². The molecule has 0 saturated carbocycles. The van der Waals surface area contributed by atoms with E-state index >= 15 is 0 Å². The Labute approximate surface area is 131 Å². The lowest BCUT2D eigenvalue weighted by molar-refractivity contribution is -0.0104. The molecule has 124 valence electrons. The first-order valence-electron chi connectivity index (χ1n) is 8.90. The second kappa shape index (κ2) is 8.47. The molecule has 2 heterocycles. The Balaban J connectivity index is 1.73. The molecule has 21 heavy (non-hydrogen) atoms. The Bertz CT molecular complexity index is 290. The second-order valence-corrected chi connectivity index (χ2v) is 7.26. The molecular formula is C17H35N3O. The lowest BCUT2D eigenvalue weighted by atomic mass is 10.0. The van der Waals surface area contributed by atoms with Crippen molar-refractivity contribution in [3.63, 3.8) is 0 Å². The zero-order valence-corrected chi connectivity index (χ0v) is 14.4. The Hall–Kier alpha value is -0.160. The minimum Gasteiger partial charge on any atom is -0.379 e. The molecule has 0 aliphatic carbocycles. The maximum Gasteiger partial charge on any atom is 0.0594 e. The number of likely N-dealkylation sites (tertiary alicyclic amines) is 1. The number of ether oxygens (including phenoxy) is 1. The minimum atomic E-state index is 0.235. The fourth-order valence-electron chi connectivity index (χ4n) is 3.57. The average molecular weight is 297 g/mol. The number of hydrogen-bond donors (Lipinski definition) is 1. The average Bonchev–Trinajstić information content (AvgIpc) is 2.72. The van der Waals surface area contributed by atoms with Gasteiger partial charge in [0.1, 0.15) is 0 Å². The lowest BCUT2D eigenvalue weighted by Crippen LogP contribution is -2.55. The van der Waals surface area contributed by atoms with Crippen molar-refractivity contribution in [1.82, 2.24) is 15.1 Å². The molecule has 0 bridgehead atoms. The van der Waals surface area contributed by atoms with Crippen molar-refractivity contribution < 1.29 is 4.74 Å². The molecule has 1 unspecified atom stereocenters. The number of hydrogen-bond acceptors (Lipinski definition) is 4. The first-order chi connectivity index (χ1) is 10.1. The van der Waals surface area contributed by atoms with Crippen LogP contribution in [0.3, 0.4) is 0 Å². The zero-order valence-electron chi connectivity index (χ0n) is 14.4. The highest BCUT2D eigenvalue weighted by molar-refractivity contribution is 4.87. The van der Waals surface area contributed by atoms with Gasteiger partial charge in [0.15, 0.2) is 0 Å². The summed E-state index contributed by atoms with van der Waals surface area (Å²) < 4.78 is 5.47. The monoisotopic (exact) mass is 297 g/mol. The highest BCUT2D eigenvalue weighted by Gasteiger charge is 2.29. The molecule has 2 aliphatic rings. The van der Waals surface area contributed by atoms with Crippen LogP contribution in [0.1, 0.15) is 46.5 Å². The molecule has 4 nitrogen and oxygen atoms in total. The maximum absolute atomic E-state index is 5.47. The molecular weight excluding hydrogens is 262 g/mol. The van der Waals surface area contributed by atoms with Crippen LogP contribution in [0.5, 0.6) is 0 Å². The molecule has 0 aromatic heterocycles. The molecule has 4 heteroatoms. The minimum absolute atomic E-state index is 0.235. The van der Waals surface area contributed by atoms with Crippen molar-refractivity contribution in [1.29, 1.82) is 0 Å². The van der Waals surface area contributed by atoms with Gasteiger partial charge < -0.3 is 15.0 Å². The number of rotatable bonds is 6. The van der Waals surface area contributed by atoms with Crippen molar-refractivity contribution >= 4 is 0 Å². The maximum atomic E-state index is 5.47. The number of morpholine rings is 1. The van der Waals surface area contributed by atoms with Crippen LogP contribution in [0.4, 0.5) is 0 Å². The van der Waals surface area contributed by atoms with E-state index < -0.39 is 0 Å². The molecule has 2 saturated heterocycles. The predicted molar refractivity (Wildman–Crippen MR) is 88.8 cm³/mol. The van der Waals surface area contributed by atoms with Gasteiger partial charge in [0.05, 0.1) is 13.2 Å². The van der Waals surface area contributed by atoms with E-state index in [9.17, 15) is 0 Å². The summed E-state index contributed by atoms with van der Waals surface area (Å²) >= 11 is 0. The molecule has 2 rings (SSSR count). The molecule has 0 amide bonds. The molecule has 1 atom stereocenters. The topological polar surface area (TPSA) is 27.7 Å². The Morgan fingerprint density at radius 2 is 1.86 bits per heavy atom. The third-order valence-electron chi connectivity index (χ3n) is 5.05. The highest BCUT2D eigenvalue weighted by atomic mass is 16.5. The highest BCUT2D eigenvalue weighted by Crippen LogP contribution is 2.17. The van der Waals surface area contributed by atoms with Crippen LogP contribution in [0.15, 0.2) is 0 Å². The quantitative estimate of drug-likeness (QED) is 0.811. The van der Waals surface area contributed by atoms with Gasteiger partial charge in [-0.2, -0.15) is 0 Å². The standard InChI is InChI=1S/C17H35N3O/c1-4-8-19-9-5-6-16(7-10-19)18-15-17(2,3)20-11-13-21-14-12-20/h16,18H,4-15H2,1-3H3. The van der Waals surface area contributed by atoms with Crippen molar-refractivity contribution in [2.45, 2.75) is 58.0 Å². The SMILES string of the molecule is CCCN1CCCC(NCC(C)(C)N2CCOCC2)CC1. The van der Waals surface area contributed by atoms with E-state index in [0.717, 1.165) is 32.8 Å². The Morgan fingerprint density at radius 3 is 2.57 bits per heavy atom. The van der Waals surface area contributed by atoms with Crippen LogP contribution >= 0.6 is 0 Å². The van der Waals surface area contributed by atoms with E-state index in [2.05, 4.69) is 35.9 Å². The first-order valence-corrected chi connectivity index (χ1v) is 8.90. The van der Waals surface area contributed by atoms with Crippen LogP contribution in [-0.4, -0.2) is 73.9 Å². The van der Waals surface area contributed by atoms with Crippen LogP contribution in [-0.2, 0) is 4.74 Å². The first kappa shape index (κ1) is 17.2. The van der Waals surface area contributed by atoms with Crippen molar-refractivity contribution in [2.75, 3.05) is 52.5 Å². The fraction of sp³-hybridized carbons (Fsp3) is 1.00. The smallest absolute Gasteiger partial charge is 0.0594 e. The summed E-state index contributed by atoms with van der Waals surface area (Å²) in [5, 5.41) is 3.85. The van der Waals surface area contributed by atoms with Gasteiger partial charge in [0, 0.05) is 31.2 Å². The van der Waals surface area contributed by atoms with Gasteiger partial charge >= 0.3 is 0 Å². The second-order valence-electron chi connectivity index (χ2n) is 7.26. The Kier molecular flexibility index (Phi) is 6.93. The molecule has 0 aromatic rings. The number of nitrogens with one attached hydrogen (secondary N) is 1. The molecule has 0 spiro atoms. The third kappa shape index (κ3) is 5.51. The largest absolute Gasteiger partial charge is 0.379 e. The van der Waals surface area contributed by atoms with E-state index in [0.29, 0.717) is 6.04 Å². The van der Waals surface area contributed by atoms with E-state index in [1.807, 2.05) is 0 Å². The van der Waals surface area contributed by atoms with E-state index in [-0.39, 0.29) is 5.54 Å². The van der Waals surface area contributed by atoms with Crippen molar-refractivity contribution in [3.05, 3.63) is 0 Å². The lowest BCUT2D eigenvalue weighted by Gasteiger charge is -2.41. The summed E-state index contributed by atoms with van der Waals surface area (Å²) in [5.74, 6) is 0. The van der Waals surface area contributed by atoms with Gasteiger partial charge in [-0.3, -0.25) is 4.90 Å². The number of nitrogens with zero attached hydrogens (tertiary/aromatic N) is 2. The fourth-order valence-corrected chi connectivity index (χ4v) is 3.57. The molecule has 2 aliphatic heterocycles. The summed E-state index contributed by atoms with van der Waals surface area (Å²) in [4.78, 5) is 5.21. The van der Waals surface area contributed by atoms with Gasteiger partial charge in [-0.15, -0.1) is 0 Å². The van der Waals surface area contributed by atoms with Crippen LogP contribution < -0.4 is 5.32 Å². The molecule has 0 aromatic carbocycles. The summed E-state index contributed by atoms with van der Waals surface area (Å²) in [6.45, 7) is 15.9. The summed E-state index contributed by atoms with van der Waals surface area (Å²) in [6.07, 6.45) is 5.26. The summed E-state index contributed by atoms with van der Waals surface area (Å²) in [5.41, 5.74) is 0.235. The summed E-state index contributed by atoms with van der Waals surface area (Å²) in [6, 6.07) is 0.701. The van der Waals surface area contributed by atoms with Crippen LogP contribution in [0.2, 0.25) is 0 Å². The molecule has 2 fully saturated rings. The van der Waals surface area contributed by atoms with Gasteiger partial charge in [-0.1, -0.05) is 6.92 Å². The Morgan fingerprint density at radius 1 is 1.10 bits per heavy atom. The predicted octanol–water partition coefficient (Wildman–Crippen LogP) is 1.95. The van der Waals surface area contributed by atoms with Gasteiger partial charge in [0.25, 0.3) is 0 Å². The normalized spacial score (nSPS) is 26.7. The zero-order chi connectivity index (χ0) is 15.1. The summed E-state index contributed by atoms with van der Waals surface area (Å²) in [7, 11) is 0.